The van der Waals surface area contributed by atoms with Crippen LogP contribution >= 0.6 is 0 Å². The zero-order chi connectivity index (χ0) is 21.4. The average molecular weight is 418 g/mol. The molecule has 1 aliphatic heterocycles. The summed E-state index contributed by atoms with van der Waals surface area (Å²) in [5, 5.41) is 5.01. The second kappa shape index (κ2) is 7.96. The van der Waals surface area contributed by atoms with Crippen molar-refractivity contribution >= 4 is 16.9 Å². The van der Waals surface area contributed by atoms with Crippen molar-refractivity contribution < 1.29 is 18.5 Å². The number of furan rings is 1. The second-order valence-electron chi connectivity index (χ2n) is 7.77. The Balaban J connectivity index is 1.30. The normalized spacial score (nSPS) is 16.7. The van der Waals surface area contributed by atoms with Crippen LogP contribution in [0.2, 0.25) is 0 Å². The molecule has 1 saturated heterocycles. The molecule has 0 spiro atoms. The van der Waals surface area contributed by atoms with Crippen molar-refractivity contribution in [3.05, 3.63) is 65.5 Å². The highest BCUT2D eigenvalue weighted by Gasteiger charge is 2.30. The maximum atomic E-state index is 13.0. The van der Waals surface area contributed by atoms with Crippen LogP contribution in [0.1, 0.15) is 28.7 Å². The summed E-state index contributed by atoms with van der Waals surface area (Å²) in [6.07, 6.45) is 4.85. The van der Waals surface area contributed by atoms with Gasteiger partial charge in [0.1, 0.15) is 5.58 Å². The van der Waals surface area contributed by atoms with Crippen LogP contribution in [0.4, 0.5) is 0 Å². The van der Waals surface area contributed by atoms with Gasteiger partial charge in [0.2, 0.25) is 11.7 Å². The molecule has 5 rings (SSSR count). The molecule has 0 aliphatic carbocycles. The number of hydrogen-bond acceptors (Lipinski definition) is 7. The minimum Gasteiger partial charge on any atom is -0.464 e. The predicted octanol–water partition coefficient (Wildman–Crippen LogP) is 3.64. The van der Waals surface area contributed by atoms with E-state index >= 15 is 0 Å². The lowest BCUT2D eigenvalue weighted by Crippen LogP contribution is -2.43. The molecule has 3 aromatic heterocycles. The first-order valence-corrected chi connectivity index (χ1v) is 10.2. The Bertz CT molecular complexity index is 1230. The summed E-state index contributed by atoms with van der Waals surface area (Å²) in [6.45, 7) is 5.40. The number of carbonyl (C=O) groups excluding carboxylic acids is 1. The summed E-state index contributed by atoms with van der Waals surface area (Å²) in [6, 6.07) is 7.76. The summed E-state index contributed by atoms with van der Waals surface area (Å²) in [5.74, 6) is 0.822. The Kier molecular flexibility index (Phi) is 4.99. The minimum atomic E-state index is -0.457. The number of carbonyl (C=O) groups is 1. The van der Waals surface area contributed by atoms with Gasteiger partial charge in [-0.25, -0.2) is 0 Å². The van der Waals surface area contributed by atoms with Crippen molar-refractivity contribution in [1.82, 2.24) is 20.0 Å². The van der Waals surface area contributed by atoms with Crippen molar-refractivity contribution in [1.29, 1.82) is 0 Å². The third-order valence-corrected chi connectivity index (χ3v) is 5.67. The molecule has 1 atom stereocenters. The number of benzene rings is 1. The van der Waals surface area contributed by atoms with Gasteiger partial charge in [-0.2, -0.15) is 4.98 Å². The first kappa shape index (κ1) is 19.4. The lowest BCUT2D eigenvalue weighted by atomic mass is 10.0. The van der Waals surface area contributed by atoms with Gasteiger partial charge in [0.05, 0.1) is 25.8 Å². The molecule has 4 aromatic rings. The van der Waals surface area contributed by atoms with Gasteiger partial charge >= 0.3 is 0 Å². The van der Waals surface area contributed by atoms with Crippen molar-refractivity contribution in [3.63, 3.8) is 0 Å². The molecule has 158 valence electrons. The number of morpholine rings is 1. The van der Waals surface area contributed by atoms with E-state index in [1.165, 1.54) is 11.1 Å². The van der Waals surface area contributed by atoms with E-state index in [2.05, 4.69) is 28.1 Å². The van der Waals surface area contributed by atoms with E-state index in [1.54, 1.807) is 23.6 Å². The lowest BCUT2D eigenvalue weighted by molar-refractivity contribution is -0.139. The molecule has 0 saturated carbocycles. The van der Waals surface area contributed by atoms with Crippen LogP contribution in [0.3, 0.4) is 0 Å². The van der Waals surface area contributed by atoms with Crippen LogP contribution in [0.25, 0.3) is 22.4 Å². The molecule has 0 bridgehead atoms. The Morgan fingerprint density at radius 2 is 2.13 bits per heavy atom. The van der Waals surface area contributed by atoms with Gasteiger partial charge < -0.3 is 18.6 Å². The molecule has 1 amide bonds. The van der Waals surface area contributed by atoms with E-state index < -0.39 is 6.10 Å². The summed E-state index contributed by atoms with van der Waals surface area (Å²) in [7, 11) is 0. The molecule has 1 fully saturated rings. The molecule has 8 heteroatoms. The Morgan fingerprint density at radius 3 is 2.97 bits per heavy atom. The van der Waals surface area contributed by atoms with Gasteiger partial charge in [-0.15, -0.1) is 0 Å². The fourth-order valence-electron chi connectivity index (χ4n) is 3.75. The molecular formula is C23H22N4O4. The molecule has 0 unspecified atom stereocenters. The van der Waals surface area contributed by atoms with E-state index in [0.29, 0.717) is 31.4 Å². The zero-order valence-electron chi connectivity index (χ0n) is 17.4. The molecule has 1 aromatic carbocycles. The number of aromatic nitrogens is 3. The number of aryl methyl sites for hydroxylation is 2. The maximum absolute atomic E-state index is 13.0. The lowest BCUT2D eigenvalue weighted by Gasteiger charge is -2.31. The van der Waals surface area contributed by atoms with Crippen LogP contribution in [0, 0.1) is 13.8 Å². The molecule has 0 N–H and O–H groups in total. The molecule has 8 nitrogen and oxygen atoms in total. The summed E-state index contributed by atoms with van der Waals surface area (Å²) in [5.41, 5.74) is 4.80. The van der Waals surface area contributed by atoms with Gasteiger partial charge in [-0.05, 0) is 49.2 Å². The molecule has 1 aliphatic rings. The third-order valence-electron chi connectivity index (χ3n) is 5.67. The summed E-state index contributed by atoms with van der Waals surface area (Å²) >= 11 is 0. The van der Waals surface area contributed by atoms with Gasteiger partial charge in [-0.3, -0.25) is 9.78 Å². The SMILES string of the molecule is Cc1cc2occ(CC(=O)N3CCO[C@H](c4nc(-c5cccnc5)no4)C3)c2cc1C. The van der Waals surface area contributed by atoms with Crippen molar-refractivity contribution in [2.45, 2.75) is 26.4 Å². The minimum absolute atomic E-state index is 0.0150. The number of hydrogen-bond donors (Lipinski definition) is 0. The summed E-state index contributed by atoms with van der Waals surface area (Å²) < 4.78 is 16.9. The van der Waals surface area contributed by atoms with Crippen LogP contribution in [0.15, 0.2) is 51.9 Å². The zero-order valence-corrected chi connectivity index (χ0v) is 17.4. The molecule has 4 heterocycles. The topological polar surface area (TPSA) is 94.5 Å². The quantitative estimate of drug-likeness (QED) is 0.499. The average Bonchev–Trinajstić information content (AvgIpc) is 3.43. The number of pyridine rings is 1. The highest BCUT2D eigenvalue weighted by Crippen LogP contribution is 2.27. The predicted molar refractivity (Wildman–Crippen MR) is 112 cm³/mol. The van der Waals surface area contributed by atoms with E-state index in [1.807, 2.05) is 25.1 Å². The second-order valence-corrected chi connectivity index (χ2v) is 7.77. The van der Waals surface area contributed by atoms with Crippen LogP contribution in [-0.4, -0.2) is 45.6 Å². The third kappa shape index (κ3) is 3.82. The van der Waals surface area contributed by atoms with Gasteiger partial charge in [0.25, 0.3) is 5.89 Å². The molecule has 31 heavy (non-hydrogen) atoms. The van der Waals surface area contributed by atoms with E-state index in [-0.39, 0.29) is 12.3 Å². The number of nitrogens with zero attached hydrogens (tertiary/aromatic N) is 4. The fraction of sp³-hybridized carbons (Fsp3) is 0.304. The fourth-order valence-corrected chi connectivity index (χ4v) is 3.75. The molecule has 0 radical (unpaired) electrons. The Labute approximate surface area is 178 Å². The van der Waals surface area contributed by atoms with Crippen LogP contribution in [-0.2, 0) is 16.0 Å². The Morgan fingerprint density at radius 1 is 1.26 bits per heavy atom. The number of rotatable bonds is 4. The highest BCUT2D eigenvalue weighted by molar-refractivity contribution is 5.88. The van der Waals surface area contributed by atoms with Crippen molar-refractivity contribution in [3.8, 4) is 11.4 Å². The van der Waals surface area contributed by atoms with E-state index in [4.69, 9.17) is 13.7 Å². The van der Waals surface area contributed by atoms with E-state index in [0.717, 1.165) is 22.1 Å². The molecular weight excluding hydrogens is 396 g/mol. The van der Waals surface area contributed by atoms with Crippen molar-refractivity contribution in [2.75, 3.05) is 19.7 Å². The van der Waals surface area contributed by atoms with Gasteiger partial charge in [0.15, 0.2) is 6.10 Å². The number of amides is 1. The Hall–Kier alpha value is -3.52. The highest BCUT2D eigenvalue weighted by atomic mass is 16.5. The summed E-state index contributed by atoms with van der Waals surface area (Å²) in [4.78, 5) is 23.3. The van der Waals surface area contributed by atoms with Crippen LogP contribution < -0.4 is 0 Å². The standard InChI is InChI=1S/C23H22N4O4/c1-14-8-18-17(13-30-19(18)9-15(14)2)10-21(28)27-6-7-29-20(12-27)23-25-22(26-31-23)16-4-3-5-24-11-16/h3-5,8-9,11,13,20H,6-7,10,12H2,1-2H3/t20-/m0/s1. The van der Waals surface area contributed by atoms with E-state index in [9.17, 15) is 4.79 Å². The van der Waals surface area contributed by atoms with Crippen molar-refractivity contribution in [2.24, 2.45) is 0 Å². The first-order valence-electron chi connectivity index (χ1n) is 10.2. The number of fused-ring (bicyclic) bond motifs is 1. The van der Waals surface area contributed by atoms with Crippen LogP contribution in [0.5, 0.6) is 0 Å². The monoisotopic (exact) mass is 418 g/mol. The first-order chi connectivity index (χ1) is 15.1. The van der Waals surface area contributed by atoms with Gasteiger partial charge in [-0.1, -0.05) is 5.16 Å². The maximum Gasteiger partial charge on any atom is 0.257 e. The van der Waals surface area contributed by atoms with Gasteiger partial charge in [0, 0.05) is 35.5 Å². The smallest absolute Gasteiger partial charge is 0.257 e. The number of ether oxygens (including phenoxy) is 1. The largest absolute Gasteiger partial charge is 0.464 e.